The molecule has 0 saturated heterocycles. The van der Waals surface area contributed by atoms with Gasteiger partial charge in [-0.15, -0.1) is 0 Å². The van der Waals surface area contributed by atoms with E-state index in [0.717, 1.165) is 24.6 Å². The van der Waals surface area contributed by atoms with Gasteiger partial charge in [-0.2, -0.15) is 4.98 Å². The summed E-state index contributed by atoms with van der Waals surface area (Å²) in [5.41, 5.74) is 2.32. The molecule has 0 fully saturated rings. The molecule has 5 nitrogen and oxygen atoms in total. The summed E-state index contributed by atoms with van der Waals surface area (Å²) in [6, 6.07) is 10.3. The van der Waals surface area contributed by atoms with Crippen molar-refractivity contribution in [3.8, 4) is 0 Å². The summed E-state index contributed by atoms with van der Waals surface area (Å²) in [5.74, 6) is 1.97. The van der Waals surface area contributed by atoms with Gasteiger partial charge in [-0.05, 0) is 43.8 Å². The molecule has 1 aromatic carbocycles. The topological polar surface area (TPSA) is 53.1 Å². The van der Waals surface area contributed by atoms with E-state index in [9.17, 15) is 0 Å². The van der Waals surface area contributed by atoms with Crippen LogP contribution < -0.4 is 10.6 Å². The Hall–Kier alpha value is -2.14. The summed E-state index contributed by atoms with van der Waals surface area (Å²) in [4.78, 5) is 10.9. The molecule has 0 saturated carbocycles. The Balaban J connectivity index is 1.97. The SMILES string of the molecule is CC(C)c1ccc(Nc2nccc(NCCN(C)C)n2)cc1. The van der Waals surface area contributed by atoms with Crippen LogP contribution in [0, 0.1) is 0 Å². The van der Waals surface area contributed by atoms with Gasteiger partial charge >= 0.3 is 0 Å². The molecule has 1 aromatic heterocycles. The fourth-order valence-electron chi connectivity index (χ4n) is 2.01. The molecule has 5 heteroatoms. The first-order valence-corrected chi connectivity index (χ1v) is 7.63. The maximum absolute atomic E-state index is 4.47. The van der Waals surface area contributed by atoms with Crippen molar-refractivity contribution in [2.24, 2.45) is 0 Å². The predicted octanol–water partition coefficient (Wildman–Crippen LogP) is 3.32. The predicted molar refractivity (Wildman–Crippen MR) is 92.9 cm³/mol. The van der Waals surface area contributed by atoms with Crippen LogP contribution in [-0.2, 0) is 0 Å². The van der Waals surface area contributed by atoms with Gasteiger partial charge in [-0.1, -0.05) is 26.0 Å². The molecule has 0 spiro atoms. The lowest BCUT2D eigenvalue weighted by atomic mass is 10.0. The number of nitrogens with zero attached hydrogens (tertiary/aromatic N) is 3. The van der Waals surface area contributed by atoms with Crippen molar-refractivity contribution in [2.45, 2.75) is 19.8 Å². The number of anilines is 3. The van der Waals surface area contributed by atoms with E-state index < -0.39 is 0 Å². The van der Waals surface area contributed by atoms with Crippen molar-refractivity contribution in [3.63, 3.8) is 0 Å². The number of aromatic nitrogens is 2. The first kappa shape index (κ1) is 16.2. The molecular weight excluding hydrogens is 274 g/mol. The quantitative estimate of drug-likeness (QED) is 0.821. The molecule has 0 aliphatic rings. The molecule has 2 N–H and O–H groups in total. The molecule has 0 amide bonds. The van der Waals surface area contributed by atoms with Gasteiger partial charge in [-0.3, -0.25) is 0 Å². The van der Waals surface area contributed by atoms with E-state index in [2.05, 4.69) is 77.7 Å². The summed E-state index contributed by atoms with van der Waals surface area (Å²) < 4.78 is 0. The second kappa shape index (κ2) is 7.75. The van der Waals surface area contributed by atoms with E-state index in [1.54, 1.807) is 6.20 Å². The fraction of sp³-hybridized carbons (Fsp3) is 0.412. The average molecular weight is 299 g/mol. The van der Waals surface area contributed by atoms with Crippen LogP contribution in [0.2, 0.25) is 0 Å². The summed E-state index contributed by atoms with van der Waals surface area (Å²) in [6.07, 6.45) is 1.76. The van der Waals surface area contributed by atoms with Crippen molar-refractivity contribution in [1.29, 1.82) is 0 Å². The number of likely N-dealkylation sites (N-methyl/N-ethyl adjacent to an activating group) is 1. The Morgan fingerprint density at radius 2 is 1.82 bits per heavy atom. The van der Waals surface area contributed by atoms with Gasteiger partial charge in [0, 0.05) is 25.0 Å². The second-order valence-electron chi connectivity index (χ2n) is 5.90. The van der Waals surface area contributed by atoms with Gasteiger partial charge in [0.15, 0.2) is 0 Å². The van der Waals surface area contributed by atoms with Crippen molar-refractivity contribution in [1.82, 2.24) is 14.9 Å². The second-order valence-corrected chi connectivity index (χ2v) is 5.90. The molecule has 2 rings (SSSR count). The summed E-state index contributed by atoms with van der Waals surface area (Å²) in [6.45, 7) is 6.19. The normalized spacial score (nSPS) is 11.0. The van der Waals surface area contributed by atoms with E-state index in [1.165, 1.54) is 5.56 Å². The molecule has 0 bridgehead atoms. The molecular formula is C17H25N5. The van der Waals surface area contributed by atoms with Gasteiger partial charge < -0.3 is 15.5 Å². The molecule has 0 atom stereocenters. The van der Waals surface area contributed by atoms with Gasteiger partial charge in [0.05, 0.1) is 0 Å². The van der Waals surface area contributed by atoms with E-state index in [4.69, 9.17) is 0 Å². The van der Waals surface area contributed by atoms with Gasteiger partial charge in [-0.25, -0.2) is 4.98 Å². The molecule has 0 unspecified atom stereocenters. The van der Waals surface area contributed by atoms with Crippen LogP contribution in [-0.4, -0.2) is 42.1 Å². The minimum Gasteiger partial charge on any atom is -0.369 e. The number of nitrogens with one attached hydrogen (secondary N) is 2. The number of hydrogen-bond acceptors (Lipinski definition) is 5. The Bertz CT molecular complexity index is 578. The first-order valence-electron chi connectivity index (χ1n) is 7.63. The van der Waals surface area contributed by atoms with Crippen LogP contribution in [0.25, 0.3) is 0 Å². The summed E-state index contributed by atoms with van der Waals surface area (Å²) in [5, 5.41) is 6.53. The summed E-state index contributed by atoms with van der Waals surface area (Å²) >= 11 is 0. The van der Waals surface area contributed by atoms with Crippen LogP contribution in [0.5, 0.6) is 0 Å². The lowest BCUT2D eigenvalue weighted by molar-refractivity contribution is 0.425. The Morgan fingerprint density at radius 1 is 1.09 bits per heavy atom. The zero-order valence-corrected chi connectivity index (χ0v) is 13.8. The highest BCUT2D eigenvalue weighted by atomic mass is 15.1. The lowest BCUT2D eigenvalue weighted by Gasteiger charge is -2.12. The molecule has 0 aliphatic heterocycles. The van der Waals surface area contributed by atoms with Gasteiger partial charge in [0.2, 0.25) is 5.95 Å². The Morgan fingerprint density at radius 3 is 2.45 bits per heavy atom. The van der Waals surface area contributed by atoms with Crippen LogP contribution in [0.15, 0.2) is 36.5 Å². The van der Waals surface area contributed by atoms with Crippen LogP contribution in [0.4, 0.5) is 17.5 Å². The molecule has 118 valence electrons. The van der Waals surface area contributed by atoms with Crippen LogP contribution >= 0.6 is 0 Å². The highest BCUT2D eigenvalue weighted by Crippen LogP contribution is 2.19. The van der Waals surface area contributed by atoms with Crippen LogP contribution in [0.1, 0.15) is 25.3 Å². The summed E-state index contributed by atoms with van der Waals surface area (Å²) in [7, 11) is 4.10. The molecule has 22 heavy (non-hydrogen) atoms. The largest absolute Gasteiger partial charge is 0.369 e. The Labute approximate surface area is 132 Å². The third-order valence-corrected chi connectivity index (χ3v) is 3.35. The highest BCUT2D eigenvalue weighted by molar-refractivity contribution is 5.55. The number of hydrogen-bond donors (Lipinski definition) is 2. The monoisotopic (exact) mass is 299 g/mol. The van der Waals surface area contributed by atoms with Gasteiger partial charge in [0.1, 0.15) is 5.82 Å². The van der Waals surface area contributed by atoms with Gasteiger partial charge in [0.25, 0.3) is 0 Å². The average Bonchev–Trinajstić information content (AvgIpc) is 2.48. The molecule has 0 aliphatic carbocycles. The van der Waals surface area contributed by atoms with Crippen molar-refractivity contribution >= 4 is 17.5 Å². The van der Waals surface area contributed by atoms with Crippen molar-refractivity contribution < 1.29 is 0 Å². The van der Waals surface area contributed by atoms with Crippen molar-refractivity contribution in [2.75, 3.05) is 37.8 Å². The fourth-order valence-corrected chi connectivity index (χ4v) is 2.01. The highest BCUT2D eigenvalue weighted by Gasteiger charge is 2.02. The van der Waals surface area contributed by atoms with E-state index in [0.29, 0.717) is 11.9 Å². The van der Waals surface area contributed by atoms with E-state index in [1.807, 2.05) is 6.07 Å². The zero-order chi connectivity index (χ0) is 15.9. The zero-order valence-electron chi connectivity index (χ0n) is 13.8. The third-order valence-electron chi connectivity index (χ3n) is 3.35. The smallest absolute Gasteiger partial charge is 0.229 e. The molecule has 2 aromatic rings. The minimum atomic E-state index is 0.537. The van der Waals surface area contributed by atoms with E-state index in [-0.39, 0.29) is 0 Å². The maximum Gasteiger partial charge on any atom is 0.229 e. The van der Waals surface area contributed by atoms with Crippen LogP contribution in [0.3, 0.4) is 0 Å². The maximum atomic E-state index is 4.47. The minimum absolute atomic E-state index is 0.537. The number of benzene rings is 1. The number of rotatable bonds is 7. The standard InChI is InChI=1S/C17H25N5/c1-13(2)14-5-7-15(8-6-14)20-17-19-10-9-16(21-17)18-11-12-22(3)4/h5-10,13H,11-12H2,1-4H3,(H2,18,19,20,21). The van der Waals surface area contributed by atoms with Crippen molar-refractivity contribution in [3.05, 3.63) is 42.1 Å². The Kier molecular flexibility index (Phi) is 5.72. The van der Waals surface area contributed by atoms with E-state index >= 15 is 0 Å². The first-order chi connectivity index (χ1) is 10.5. The lowest BCUT2D eigenvalue weighted by Crippen LogP contribution is -2.21. The molecule has 1 heterocycles. The molecule has 0 radical (unpaired) electrons. The third kappa shape index (κ3) is 5.00.